The number of nitrogens with one attached hydrogen (secondary N) is 1. The number of ketones is 1. The molecule has 0 unspecified atom stereocenters. The summed E-state index contributed by atoms with van der Waals surface area (Å²) >= 11 is 1.13. The molecule has 0 saturated heterocycles. The van der Waals surface area contributed by atoms with Crippen LogP contribution in [0.25, 0.3) is 0 Å². The van der Waals surface area contributed by atoms with Crippen LogP contribution in [0, 0.1) is 5.92 Å². The van der Waals surface area contributed by atoms with Crippen LogP contribution in [0.1, 0.15) is 13.8 Å². The van der Waals surface area contributed by atoms with Gasteiger partial charge in [-0.1, -0.05) is 19.9 Å². The highest BCUT2D eigenvalue weighted by molar-refractivity contribution is 7.91. The Hall–Kier alpha value is -0.720. The number of hydrogen-bond acceptors (Lipinski definition) is 4. The van der Waals surface area contributed by atoms with Gasteiger partial charge in [0.05, 0.1) is 6.54 Å². The third kappa shape index (κ3) is 3.40. The maximum Gasteiger partial charge on any atom is 0.250 e. The Morgan fingerprint density at radius 2 is 2.20 bits per heavy atom. The van der Waals surface area contributed by atoms with Crippen LogP contribution < -0.4 is 4.72 Å². The molecule has 0 aliphatic rings. The molecular formula is C9H13NO3S2. The molecule has 0 aliphatic carbocycles. The molecule has 0 fully saturated rings. The van der Waals surface area contributed by atoms with Gasteiger partial charge in [-0.25, -0.2) is 13.1 Å². The number of carbonyl (C=O) groups is 1. The highest BCUT2D eigenvalue weighted by Crippen LogP contribution is 2.14. The van der Waals surface area contributed by atoms with Crippen molar-refractivity contribution in [2.24, 2.45) is 5.92 Å². The molecule has 0 aromatic carbocycles. The SMILES string of the molecule is CC(C)C(=O)CNS(=O)(=O)c1cccs1. The lowest BCUT2D eigenvalue weighted by atomic mass is 10.1. The number of Topliss-reactive ketones (excluding diaryl/α,β-unsaturated/α-hetero) is 1. The van der Waals surface area contributed by atoms with Crippen LogP contribution in [0.2, 0.25) is 0 Å². The molecule has 0 aliphatic heterocycles. The molecule has 0 spiro atoms. The van der Waals surface area contributed by atoms with Crippen molar-refractivity contribution in [2.75, 3.05) is 6.54 Å². The molecule has 1 rings (SSSR count). The average molecular weight is 247 g/mol. The average Bonchev–Trinajstić information content (AvgIpc) is 2.67. The molecular weight excluding hydrogens is 234 g/mol. The fourth-order valence-corrected chi connectivity index (χ4v) is 2.89. The normalized spacial score (nSPS) is 11.9. The van der Waals surface area contributed by atoms with Crippen molar-refractivity contribution in [3.63, 3.8) is 0 Å². The molecule has 6 heteroatoms. The second kappa shape index (κ2) is 4.87. The first-order valence-corrected chi connectivity index (χ1v) is 6.85. The van der Waals surface area contributed by atoms with Gasteiger partial charge in [0, 0.05) is 5.92 Å². The number of sulfonamides is 1. The molecule has 1 heterocycles. The number of thiophene rings is 1. The predicted molar refractivity (Wildman–Crippen MR) is 59.4 cm³/mol. The molecule has 0 atom stereocenters. The second-order valence-corrected chi connectivity index (χ2v) is 6.32. The summed E-state index contributed by atoms with van der Waals surface area (Å²) in [6, 6.07) is 3.16. The van der Waals surface area contributed by atoms with Crippen LogP contribution in [0.3, 0.4) is 0 Å². The Bertz CT molecular complexity index is 420. The number of carbonyl (C=O) groups excluding carboxylic acids is 1. The second-order valence-electron chi connectivity index (χ2n) is 3.38. The summed E-state index contributed by atoms with van der Waals surface area (Å²) in [6.07, 6.45) is 0. The van der Waals surface area contributed by atoms with Crippen molar-refractivity contribution in [3.8, 4) is 0 Å². The van der Waals surface area contributed by atoms with Crippen LogP contribution in [-0.4, -0.2) is 20.7 Å². The van der Waals surface area contributed by atoms with E-state index in [1.54, 1.807) is 25.3 Å². The summed E-state index contributed by atoms with van der Waals surface area (Å²) in [5, 5.41) is 1.68. The van der Waals surface area contributed by atoms with Crippen molar-refractivity contribution >= 4 is 27.1 Å². The Morgan fingerprint density at radius 1 is 1.53 bits per heavy atom. The van der Waals surface area contributed by atoms with E-state index < -0.39 is 10.0 Å². The summed E-state index contributed by atoms with van der Waals surface area (Å²) in [6.45, 7) is 3.33. The first-order valence-electron chi connectivity index (χ1n) is 4.49. The Labute approximate surface area is 93.4 Å². The zero-order chi connectivity index (χ0) is 11.5. The summed E-state index contributed by atoms with van der Waals surface area (Å²) < 4.78 is 25.6. The molecule has 1 aromatic heterocycles. The van der Waals surface area contributed by atoms with Crippen LogP contribution >= 0.6 is 11.3 Å². The summed E-state index contributed by atoms with van der Waals surface area (Å²) in [5.74, 6) is -0.272. The van der Waals surface area contributed by atoms with Gasteiger partial charge in [0.1, 0.15) is 9.99 Å². The number of rotatable bonds is 5. The molecule has 0 saturated carbocycles. The first-order chi connectivity index (χ1) is 6.93. The predicted octanol–water partition coefficient (Wildman–Crippen LogP) is 1.25. The zero-order valence-corrected chi connectivity index (χ0v) is 10.2. The van der Waals surface area contributed by atoms with E-state index in [1.807, 2.05) is 0 Å². The fourth-order valence-electron chi connectivity index (χ4n) is 0.858. The molecule has 1 aromatic rings. The third-order valence-electron chi connectivity index (χ3n) is 1.84. The van der Waals surface area contributed by atoms with E-state index in [-0.39, 0.29) is 22.5 Å². The molecule has 1 N–H and O–H groups in total. The van der Waals surface area contributed by atoms with Gasteiger partial charge in [-0.3, -0.25) is 4.79 Å². The maximum atomic E-state index is 11.6. The van der Waals surface area contributed by atoms with E-state index in [1.165, 1.54) is 6.07 Å². The van der Waals surface area contributed by atoms with E-state index >= 15 is 0 Å². The van der Waals surface area contributed by atoms with Crippen LogP contribution in [0.5, 0.6) is 0 Å². The smallest absolute Gasteiger partial charge is 0.250 e. The third-order valence-corrected chi connectivity index (χ3v) is 4.64. The molecule has 0 radical (unpaired) electrons. The summed E-state index contributed by atoms with van der Waals surface area (Å²) in [7, 11) is -3.50. The van der Waals surface area contributed by atoms with Crippen LogP contribution in [0.15, 0.2) is 21.7 Å². The van der Waals surface area contributed by atoms with Crippen molar-refractivity contribution < 1.29 is 13.2 Å². The highest BCUT2D eigenvalue weighted by atomic mass is 32.2. The first kappa shape index (κ1) is 12.4. The van der Waals surface area contributed by atoms with Gasteiger partial charge in [0.15, 0.2) is 0 Å². The van der Waals surface area contributed by atoms with Gasteiger partial charge in [0.2, 0.25) is 10.0 Å². The van der Waals surface area contributed by atoms with E-state index in [2.05, 4.69) is 4.72 Å². The molecule has 0 amide bonds. The van der Waals surface area contributed by atoms with Gasteiger partial charge >= 0.3 is 0 Å². The molecule has 15 heavy (non-hydrogen) atoms. The lowest BCUT2D eigenvalue weighted by Crippen LogP contribution is -2.31. The Balaban J connectivity index is 2.63. The van der Waals surface area contributed by atoms with Crippen LogP contribution in [-0.2, 0) is 14.8 Å². The van der Waals surface area contributed by atoms with Gasteiger partial charge in [-0.15, -0.1) is 11.3 Å². The lowest BCUT2D eigenvalue weighted by Gasteiger charge is -2.05. The topological polar surface area (TPSA) is 63.2 Å². The summed E-state index contributed by atoms with van der Waals surface area (Å²) in [5.41, 5.74) is 0. The quantitative estimate of drug-likeness (QED) is 0.851. The Kier molecular flexibility index (Phi) is 4.01. The number of hydrogen-bond donors (Lipinski definition) is 1. The van der Waals surface area contributed by atoms with Gasteiger partial charge in [0.25, 0.3) is 0 Å². The minimum atomic E-state index is -3.50. The lowest BCUT2D eigenvalue weighted by molar-refractivity contribution is -0.120. The minimum Gasteiger partial charge on any atom is -0.298 e. The molecule has 4 nitrogen and oxygen atoms in total. The van der Waals surface area contributed by atoms with Crippen molar-refractivity contribution in [1.82, 2.24) is 4.72 Å². The summed E-state index contributed by atoms with van der Waals surface area (Å²) in [4.78, 5) is 11.2. The van der Waals surface area contributed by atoms with Crippen molar-refractivity contribution in [3.05, 3.63) is 17.5 Å². The monoisotopic (exact) mass is 247 g/mol. The van der Waals surface area contributed by atoms with E-state index in [9.17, 15) is 13.2 Å². The molecule has 84 valence electrons. The van der Waals surface area contributed by atoms with E-state index in [4.69, 9.17) is 0 Å². The highest BCUT2D eigenvalue weighted by Gasteiger charge is 2.17. The largest absolute Gasteiger partial charge is 0.298 e. The van der Waals surface area contributed by atoms with Crippen molar-refractivity contribution in [1.29, 1.82) is 0 Å². The zero-order valence-electron chi connectivity index (χ0n) is 8.56. The van der Waals surface area contributed by atoms with Gasteiger partial charge in [-0.2, -0.15) is 0 Å². The van der Waals surface area contributed by atoms with E-state index in [0.717, 1.165) is 11.3 Å². The minimum absolute atomic E-state index is 0.116. The molecule has 0 bridgehead atoms. The maximum absolute atomic E-state index is 11.6. The standard InChI is InChI=1S/C9H13NO3S2/c1-7(2)8(11)6-10-15(12,13)9-4-3-5-14-9/h3-5,7,10H,6H2,1-2H3. The van der Waals surface area contributed by atoms with Gasteiger partial charge in [-0.05, 0) is 11.4 Å². The van der Waals surface area contributed by atoms with Crippen molar-refractivity contribution in [2.45, 2.75) is 18.1 Å². The van der Waals surface area contributed by atoms with Gasteiger partial charge < -0.3 is 0 Å². The fraction of sp³-hybridized carbons (Fsp3) is 0.444. The Morgan fingerprint density at radius 3 is 2.67 bits per heavy atom. The van der Waals surface area contributed by atoms with E-state index in [0.29, 0.717) is 0 Å². The van der Waals surface area contributed by atoms with Crippen LogP contribution in [0.4, 0.5) is 0 Å².